The number of ether oxygens (including phenoxy) is 1. The largest absolute Gasteiger partial charge is 0.573 e. The zero-order valence-electron chi connectivity index (χ0n) is 17.0. The number of nitrogen functional groups attached to an aromatic ring is 1. The Morgan fingerprint density at radius 1 is 1.06 bits per heavy atom. The van der Waals surface area contributed by atoms with E-state index in [2.05, 4.69) is 10.1 Å². The SMILES string of the molecule is Nc1ccc(C(=O)N2CCC3(CC2)Nc2cc(OC(F)(F)F)ccc2-n2cccc23)cc1. The van der Waals surface area contributed by atoms with E-state index in [4.69, 9.17) is 5.73 Å². The number of carbonyl (C=O) groups is 1. The van der Waals surface area contributed by atoms with Gasteiger partial charge in [0.2, 0.25) is 0 Å². The van der Waals surface area contributed by atoms with Gasteiger partial charge in [0, 0.05) is 42.3 Å². The number of fused-ring (bicyclic) bond motifs is 4. The molecular formula is C23H21F3N4O2. The molecule has 32 heavy (non-hydrogen) atoms. The summed E-state index contributed by atoms with van der Waals surface area (Å²) in [6.45, 7) is 1.02. The summed E-state index contributed by atoms with van der Waals surface area (Å²) in [6, 6.07) is 15.0. The Morgan fingerprint density at radius 2 is 1.78 bits per heavy atom. The van der Waals surface area contributed by atoms with Gasteiger partial charge in [-0.2, -0.15) is 0 Å². The van der Waals surface area contributed by atoms with Crippen molar-refractivity contribution in [1.29, 1.82) is 0 Å². The number of hydrogen-bond acceptors (Lipinski definition) is 4. The van der Waals surface area contributed by atoms with Crippen LogP contribution < -0.4 is 15.8 Å². The number of halogens is 3. The predicted octanol–water partition coefficient (Wildman–Crippen LogP) is 4.52. The number of rotatable bonds is 2. The van der Waals surface area contributed by atoms with Gasteiger partial charge in [0.15, 0.2) is 0 Å². The van der Waals surface area contributed by atoms with Crippen molar-refractivity contribution in [2.24, 2.45) is 0 Å². The fourth-order valence-corrected chi connectivity index (χ4v) is 4.61. The second-order valence-electron chi connectivity index (χ2n) is 8.11. The molecule has 2 aliphatic heterocycles. The first-order chi connectivity index (χ1) is 15.2. The van der Waals surface area contributed by atoms with Crippen LogP contribution in [0.4, 0.5) is 24.5 Å². The van der Waals surface area contributed by atoms with E-state index in [1.54, 1.807) is 35.2 Å². The van der Waals surface area contributed by atoms with Crippen molar-refractivity contribution in [2.75, 3.05) is 24.1 Å². The number of likely N-dealkylation sites (tertiary alicyclic amines) is 1. The molecule has 3 heterocycles. The number of aromatic nitrogens is 1. The fraction of sp³-hybridized carbons (Fsp3) is 0.261. The summed E-state index contributed by atoms with van der Waals surface area (Å²) < 4.78 is 44.2. The molecule has 1 saturated heterocycles. The first-order valence-corrected chi connectivity index (χ1v) is 10.3. The number of nitrogens with two attached hydrogens (primary N) is 1. The highest BCUT2D eigenvalue weighted by Crippen LogP contribution is 2.44. The Balaban J connectivity index is 1.40. The summed E-state index contributed by atoms with van der Waals surface area (Å²) in [5, 5.41) is 3.46. The van der Waals surface area contributed by atoms with Crippen molar-refractivity contribution in [1.82, 2.24) is 9.47 Å². The maximum atomic E-state index is 12.9. The molecule has 0 aliphatic carbocycles. The smallest absolute Gasteiger partial charge is 0.406 e. The highest BCUT2D eigenvalue weighted by atomic mass is 19.4. The molecular weight excluding hydrogens is 421 g/mol. The second-order valence-corrected chi connectivity index (χ2v) is 8.11. The van der Waals surface area contributed by atoms with E-state index in [1.165, 1.54) is 12.1 Å². The van der Waals surface area contributed by atoms with Gasteiger partial charge in [-0.25, -0.2) is 0 Å². The van der Waals surface area contributed by atoms with Crippen LogP contribution in [0.5, 0.6) is 5.75 Å². The molecule has 0 radical (unpaired) electrons. The van der Waals surface area contributed by atoms with E-state index >= 15 is 0 Å². The summed E-state index contributed by atoms with van der Waals surface area (Å²) in [5.41, 5.74) is 8.73. The average Bonchev–Trinajstić information content (AvgIpc) is 3.24. The number of benzene rings is 2. The maximum absolute atomic E-state index is 12.9. The van der Waals surface area contributed by atoms with Crippen molar-refractivity contribution in [3.63, 3.8) is 0 Å². The van der Waals surface area contributed by atoms with E-state index in [0.29, 0.717) is 42.9 Å². The Labute approximate surface area is 182 Å². The highest BCUT2D eigenvalue weighted by molar-refractivity contribution is 5.94. The molecule has 166 valence electrons. The zero-order valence-corrected chi connectivity index (χ0v) is 17.0. The Bertz CT molecular complexity index is 1160. The van der Waals surface area contributed by atoms with Crippen LogP contribution in [0.25, 0.3) is 5.69 Å². The molecule has 3 aromatic rings. The minimum absolute atomic E-state index is 0.0627. The number of hydrogen-bond donors (Lipinski definition) is 2. The molecule has 0 atom stereocenters. The van der Waals surface area contributed by atoms with Crippen LogP contribution in [0.2, 0.25) is 0 Å². The Kier molecular flexibility index (Phi) is 4.58. The molecule has 6 nitrogen and oxygen atoms in total. The van der Waals surface area contributed by atoms with Crippen LogP contribution in [-0.2, 0) is 5.54 Å². The van der Waals surface area contributed by atoms with Crippen molar-refractivity contribution in [3.05, 3.63) is 72.1 Å². The van der Waals surface area contributed by atoms with Gasteiger partial charge in [0.1, 0.15) is 5.75 Å². The molecule has 0 unspecified atom stereocenters. The van der Waals surface area contributed by atoms with Crippen LogP contribution in [0, 0.1) is 0 Å². The number of carbonyl (C=O) groups excluding carboxylic acids is 1. The molecule has 0 saturated carbocycles. The monoisotopic (exact) mass is 442 g/mol. The first-order valence-electron chi connectivity index (χ1n) is 10.3. The Morgan fingerprint density at radius 3 is 2.47 bits per heavy atom. The van der Waals surface area contributed by atoms with Crippen LogP contribution >= 0.6 is 0 Å². The van der Waals surface area contributed by atoms with Gasteiger partial charge in [-0.15, -0.1) is 13.2 Å². The maximum Gasteiger partial charge on any atom is 0.573 e. The first kappa shape index (κ1) is 20.3. The van der Waals surface area contributed by atoms with Crippen molar-refractivity contribution >= 4 is 17.3 Å². The topological polar surface area (TPSA) is 72.5 Å². The predicted molar refractivity (Wildman–Crippen MR) is 114 cm³/mol. The number of amides is 1. The standard InChI is InChI=1S/C23H21F3N4O2/c24-23(25,26)32-17-7-8-19-18(14-17)28-22(20-2-1-11-30(19)20)9-12-29(13-10-22)21(31)15-3-5-16(27)6-4-15/h1-8,11,14,28H,9-10,12-13,27H2. The third-order valence-electron chi connectivity index (χ3n) is 6.14. The number of alkyl halides is 3. The summed E-state index contributed by atoms with van der Waals surface area (Å²) in [5.74, 6) is -0.335. The minimum atomic E-state index is -4.76. The molecule has 1 spiro atoms. The van der Waals surface area contributed by atoms with E-state index in [9.17, 15) is 18.0 Å². The highest BCUT2D eigenvalue weighted by Gasteiger charge is 2.42. The van der Waals surface area contributed by atoms with Gasteiger partial charge in [-0.3, -0.25) is 4.79 Å². The van der Waals surface area contributed by atoms with E-state index in [0.717, 1.165) is 11.4 Å². The van der Waals surface area contributed by atoms with Crippen LogP contribution in [0.3, 0.4) is 0 Å². The number of piperidine rings is 1. The molecule has 1 amide bonds. The van der Waals surface area contributed by atoms with Crippen LogP contribution in [0.15, 0.2) is 60.8 Å². The number of nitrogens with zero attached hydrogens (tertiary/aromatic N) is 2. The molecule has 5 rings (SSSR count). The van der Waals surface area contributed by atoms with Crippen LogP contribution in [0.1, 0.15) is 28.9 Å². The molecule has 9 heteroatoms. The number of anilines is 2. The quantitative estimate of drug-likeness (QED) is 0.573. The normalized spacial score (nSPS) is 16.8. The molecule has 1 fully saturated rings. The zero-order chi connectivity index (χ0) is 22.5. The Hall–Kier alpha value is -3.62. The van der Waals surface area contributed by atoms with Crippen molar-refractivity contribution < 1.29 is 22.7 Å². The summed E-state index contributed by atoms with van der Waals surface area (Å²) in [6.07, 6.45) is -1.64. The minimum Gasteiger partial charge on any atom is -0.406 e. The lowest BCUT2D eigenvalue weighted by Gasteiger charge is -2.46. The summed E-state index contributed by atoms with van der Waals surface area (Å²) in [7, 11) is 0. The number of nitrogens with one attached hydrogen (secondary N) is 1. The van der Waals surface area contributed by atoms with Crippen LogP contribution in [-0.4, -0.2) is 34.8 Å². The summed E-state index contributed by atoms with van der Waals surface area (Å²) >= 11 is 0. The summed E-state index contributed by atoms with van der Waals surface area (Å²) in [4.78, 5) is 14.7. The lowest BCUT2D eigenvalue weighted by atomic mass is 9.82. The van der Waals surface area contributed by atoms with Gasteiger partial charge in [-0.1, -0.05) is 0 Å². The molecule has 1 aromatic heterocycles. The van der Waals surface area contributed by atoms with Crippen molar-refractivity contribution in [3.8, 4) is 11.4 Å². The van der Waals surface area contributed by atoms with E-state index in [1.807, 2.05) is 22.9 Å². The third kappa shape index (κ3) is 3.53. The molecule has 3 N–H and O–H groups in total. The molecule has 2 aliphatic rings. The third-order valence-corrected chi connectivity index (χ3v) is 6.14. The fourth-order valence-electron chi connectivity index (χ4n) is 4.61. The average molecular weight is 442 g/mol. The van der Waals surface area contributed by atoms with Crippen molar-refractivity contribution in [2.45, 2.75) is 24.7 Å². The van der Waals surface area contributed by atoms with Gasteiger partial charge < -0.3 is 25.3 Å². The van der Waals surface area contributed by atoms with Gasteiger partial charge >= 0.3 is 6.36 Å². The van der Waals surface area contributed by atoms with E-state index in [-0.39, 0.29) is 11.7 Å². The van der Waals surface area contributed by atoms with Gasteiger partial charge in [0.05, 0.1) is 16.9 Å². The second kappa shape index (κ2) is 7.22. The molecule has 0 bridgehead atoms. The lowest BCUT2D eigenvalue weighted by Crippen LogP contribution is -2.51. The van der Waals surface area contributed by atoms with E-state index < -0.39 is 11.9 Å². The van der Waals surface area contributed by atoms with Gasteiger partial charge in [-0.05, 0) is 61.4 Å². The van der Waals surface area contributed by atoms with Gasteiger partial charge in [0.25, 0.3) is 5.91 Å². The lowest BCUT2D eigenvalue weighted by molar-refractivity contribution is -0.274. The molecule has 2 aromatic carbocycles.